The van der Waals surface area contributed by atoms with Crippen LogP contribution in [0, 0.1) is 5.92 Å². The lowest BCUT2D eigenvalue weighted by molar-refractivity contribution is -0.138. The van der Waals surface area contributed by atoms with Crippen molar-refractivity contribution in [2.24, 2.45) is 5.92 Å². The van der Waals surface area contributed by atoms with Gasteiger partial charge in [0.25, 0.3) is 0 Å². The summed E-state index contributed by atoms with van der Waals surface area (Å²) < 4.78 is 4.96. The topological polar surface area (TPSA) is 90.9 Å². The smallest absolute Gasteiger partial charge is 0.314 e. The van der Waals surface area contributed by atoms with Gasteiger partial charge in [0.05, 0.1) is 6.61 Å². The van der Waals surface area contributed by atoms with Gasteiger partial charge in [-0.15, -0.1) is 0 Å². The second kappa shape index (κ2) is 11.5. The molecular weight excluding hydrogens is 262 g/mol. The molecule has 3 N–H and O–H groups in total. The van der Waals surface area contributed by atoms with Gasteiger partial charge in [0.15, 0.2) is 0 Å². The second-order valence-electron chi connectivity index (χ2n) is 4.81. The van der Waals surface area contributed by atoms with Crippen LogP contribution in [0.3, 0.4) is 0 Å². The van der Waals surface area contributed by atoms with Crippen molar-refractivity contribution in [3.8, 4) is 0 Å². The Balaban J connectivity index is 3.69. The van der Waals surface area contributed by atoms with Crippen molar-refractivity contribution in [3.05, 3.63) is 0 Å². The number of carboxylic acid groups (broad SMARTS) is 1. The predicted molar refractivity (Wildman–Crippen MR) is 76.8 cm³/mol. The molecule has 20 heavy (non-hydrogen) atoms. The van der Waals surface area contributed by atoms with E-state index < -0.39 is 5.97 Å². The molecule has 0 spiro atoms. The lowest BCUT2D eigenvalue weighted by atomic mass is 10.0. The number of ether oxygens (including phenoxy) is 1. The molecule has 0 aromatic carbocycles. The largest absolute Gasteiger partial charge is 0.481 e. The van der Waals surface area contributed by atoms with Gasteiger partial charge in [0.2, 0.25) is 0 Å². The number of urea groups is 1. The maximum Gasteiger partial charge on any atom is 0.314 e. The van der Waals surface area contributed by atoms with Crippen LogP contribution in [0.1, 0.15) is 19.8 Å². The molecule has 0 fully saturated rings. The molecule has 0 aliphatic carbocycles. The highest BCUT2D eigenvalue weighted by Gasteiger charge is 2.12. The molecule has 1 unspecified atom stereocenters. The molecule has 0 radical (unpaired) electrons. The zero-order valence-electron chi connectivity index (χ0n) is 12.6. The van der Waals surface area contributed by atoms with Crippen LogP contribution in [0.25, 0.3) is 0 Å². The third-order valence-electron chi connectivity index (χ3n) is 3.05. The van der Waals surface area contributed by atoms with Crippen molar-refractivity contribution in [2.75, 3.05) is 46.9 Å². The lowest BCUT2D eigenvalue weighted by Gasteiger charge is -2.17. The monoisotopic (exact) mass is 289 g/mol. The van der Waals surface area contributed by atoms with Crippen molar-refractivity contribution in [2.45, 2.75) is 19.8 Å². The number of carbonyl (C=O) groups is 2. The average Bonchev–Trinajstić information content (AvgIpc) is 2.40. The Bertz CT molecular complexity index is 287. The van der Waals surface area contributed by atoms with Crippen molar-refractivity contribution in [1.29, 1.82) is 0 Å². The van der Waals surface area contributed by atoms with Gasteiger partial charge in [-0.1, -0.05) is 13.3 Å². The molecule has 0 aliphatic heterocycles. The molecule has 0 aromatic heterocycles. The van der Waals surface area contributed by atoms with E-state index in [4.69, 9.17) is 9.84 Å². The van der Waals surface area contributed by atoms with Gasteiger partial charge in [-0.25, -0.2) is 4.79 Å². The van der Waals surface area contributed by atoms with E-state index in [0.717, 1.165) is 19.5 Å². The Hall–Kier alpha value is -1.34. The molecule has 0 saturated heterocycles. The minimum atomic E-state index is -0.834. The first-order valence-corrected chi connectivity index (χ1v) is 6.90. The number of aliphatic carboxylic acids is 1. The van der Waals surface area contributed by atoms with Gasteiger partial charge >= 0.3 is 12.0 Å². The van der Waals surface area contributed by atoms with Crippen LogP contribution in [-0.2, 0) is 9.53 Å². The van der Waals surface area contributed by atoms with E-state index in [-0.39, 0.29) is 18.4 Å². The molecule has 0 rings (SSSR count). The summed E-state index contributed by atoms with van der Waals surface area (Å²) in [6.45, 7) is 5.06. The van der Waals surface area contributed by atoms with Gasteiger partial charge in [-0.2, -0.15) is 0 Å². The highest BCUT2D eigenvalue weighted by atomic mass is 16.5. The maximum absolute atomic E-state index is 11.5. The molecule has 0 saturated carbocycles. The fourth-order valence-electron chi connectivity index (χ4n) is 1.63. The number of hydrogen-bond acceptors (Lipinski definition) is 4. The van der Waals surface area contributed by atoms with Gasteiger partial charge in [-0.05, 0) is 13.0 Å². The quantitative estimate of drug-likeness (QED) is 0.511. The van der Waals surface area contributed by atoms with Crippen molar-refractivity contribution >= 4 is 12.0 Å². The van der Waals surface area contributed by atoms with Crippen molar-refractivity contribution < 1.29 is 19.4 Å². The number of carboxylic acids is 1. The third kappa shape index (κ3) is 10.6. The van der Waals surface area contributed by atoms with E-state index in [1.165, 1.54) is 0 Å². The number of rotatable bonds is 11. The summed E-state index contributed by atoms with van der Waals surface area (Å²) in [5, 5.41) is 14.2. The SMILES string of the molecule is CCC(CNC(=O)NCCN(C)CCOC)CC(=O)O. The highest BCUT2D eigenvalue weighted by Crippen LogP contribution is 2.06. The van der Waals surface area contributed by atoms with Gasteiger partial charge in [-0.3, -0.25) is 4.79 Å². The molecule has 0 heterocycles. The molecule has 0 aliphatic rings. The van der Waals surface area contributed by atoms with Gasteiger partial charge in [0, 0.05) is 39.7 Å². The summed E-state index contributed by atoms with van der Waals surface area (Å²) in [5.41, 5.74) is 0. The van der Waals surface area contributed by atoms with Gasteiger partial charge in [0.1, 0.15) is 0 Å². The lowest BCUT2D eigenvalue weighted by Crippen LogP contribution is -2.41. The minimum absolute atomic E-state index is 0.0253. The van der Waals surface area contributed by atoms with Crippen LogP contribution in [0.2, 0.25) is 0 Å². The summed E-state index contributed by atoms with van der Waals surface area (Å²) in [7, 11) is 3.61. The average molecular weight is 289 g/mol. The minimum Gasteiger partial charge on any atom is -0.481 e. The number of nitrogens with zero attached hydrogens (tertiary/aromatic N) is 1. The molecule has 7 nitrogen and oxygen atoms in total. The van der Waals surface area contributed by atoms with E-state index in [2.05, 4.69) is 15.5 Å². The Morgan fingerprint density at radius 3 is 2.55 bits per heavy atom. The molecule has 7 heteroatoms. The van der Waals surface area contributed by atoms with Crippen LogP contribution >= 0.6 is 0 Å². The Morgan fingerprint density at radius 2 is 2.00 bits per heavy atom. The summed E-state index contributed by atoms with van der Waals surface area (Å²) in [4.78, 5) is 24.2. The summed E-state index contributed by atoms with van der Waals surface area (Å²) in [5.74, 6) is -0.860. The van der Waals surface area contributed by atoms with E-state index in [0.29, 0.717) is 19.7 Å². The number of hydrogen-bond donors (Lipinski definition) is 3. The molecule has 2 amide bonds. The molecule has 0 bridgehead atoms. The zero-order valence-corrected chi connectivity index (χ0v) is 12.6. The first-order chi connectivity index (χ1) is 9.49. The fraction of sp³-hybridized carbons (Fsp3) is 0.846. The standard InChI is InChI=1S/C13H27N3O4/c1-4-11(9-12(17)18)10-15-13(19)14-5-6-16(2)7-8-20-3/h11H,4-10H2,1-3H3,(H,17,18)(H2,14,15,19). The first-order valence-electron chi connectivity index (χ1n) is 6.90. The summed E-state index contributed by atoms with van der Waals surface area (Å²) in [6.07, 6.45) is 0.808. The Labute approximate surface area is 120 Å². The summed E-state index contributed by atoms with van der Waals surface area (Å²) in [6, 6.07) is -0.256. The van der Waals surface area contributed by atoms with Crippen LogP contribution in [0.4, 0.5) is 4.79 Å². The van der Waals surface area contributed by atoms with E-state index in [1.807, 2.05) is 14.0 Å². The second-order valence-corrected chi connectivity index (χ2v) is 4.81. The van der Waals surface area contributed by atoms with Crippen LogP contribution in [-0.4, -0.2) is 69.0 Å². The normalized spacial score (nSPS) is 12.2. The Morgan fingerprint density at radius 1 is 1.30 bits per heavy atom. The van der Waals surface area contributed by atoms with Crippen LogP contribution in [0.5, 0.6) is 0 Å². The highest BCUT2D eigenvalue weighted by molar-refractivity contribution is 5.74. The summed E-state index contributed by atoms with van der Waals surface area (Å²) >= 11 is 0. The van der Waals surface area contributed by atoms with E-state index in [9.17, 15) is 9.59 Å². The predicted octanol–water partition coefficient (Wildman–Crippen LogP) is 0.365. The number of nitrogens with one attached hydrogen (secondary N) is 2. The van der Waals surface area contributed by atoms with Gasteiger partial charge < -0.3 is 25.4 Å². The third-order valence-corrected chi connectivity index (χ3v) is 3.05. The van der Waals surface area contributed by atoms with E-state index in [1.54, 1.807) is 7.11 Å². The van der Waals surface area contributed by atoms with Crippen molar-refractivity contribution in [3.63, 3.8) is 0 Å². The Kier molecular flexibility index (Phi) is 10.7. The maximum atomic E-state index is 11.5. The zero-order chi connectivity index (χ0) is 15.4. The van der Waals surface area contributed by atoms with Crippen molar-refractivity contribution in [1.82, 2.24) is 15.5 Å². The van der Waals surface area contributed by atoms with Crippen LogP contribution in [0.15, 0.2) is 0 Å². The number of carbonyl (C=O) groups excluding carboxylic acids is 1. The molecule has 0 aromatic rings. The number of methoxy groups -OCH3 is 1. The van der Waals surface area contributed by atoms with E-state index >= 15 is 0 Å². The fourth-order valence-corrected chi connectivity index (χ4v) is 1.63. The number of likely N-dealkylation sites (N-methyl/N-ethyl adjacent to an activating group) is 1. The molecule has 118 valence electrons. The van der Waals surface area contributed by atoms with Crippen LogP contribution < -0.4 is 10.6 Å². The number of amides is 2. The molecule has 1 atom stereocenters. The first kappa shape index (κ1) is 18.7. The molecular formula is C13H27N3O4.